The molecule has 21 heavy (non-hydrogen) atoms. The van der Waals surface area contributed by atoms with Gasteiger partial charge in [0.05, 0.1) is 20.7 Å². The van der Waals surface area contributed by atoms with E-state index in [0.29, 0.717) is 27.2 Å². The van der Waals surface area contributed by atoms with Gasteiger partial charge >= 0.3 is 0 Å². The normalized spacial score (nSPS) is 10.8. The van der Waals surface area contributed by atoms with Gasteiger partial charge in [-0.15, -0.1) is 0 Å². The molecule has 3 aromatic rings. The van der Waals surface area contributed by atoms with Crippen molar-refractivity contribution in [1.82, 2.24) is 4.98 Å². The molecule has 2 N–H and O–H groups in total. The highest BCUT2D eigenvalue weighted by Crippen LogP contribution is 2.37. The van der Waals surface area contributed by atoms with Crippen molar-refractivity contribution in [2.45, 2.75) is 0 Å². The van der Waals surface area contributed by atoms with Crippen LogP contribution in [-0.4, -0.2) is 4.98 Å². The van der Waals surface area contributed by atoms with E-state index in [2.05, 4.69) is 20.9 Å². The highest BCUT2D eigenvalue weighted by atomic mass is 79.9. The van der Waals surface area contributed by atoms with Gasteiger partial charge in [0.25, 0.3) is 0 Å². The predicted molar refractivity (Wildman–Crippen MR) is 85.3 cm³/mol. The Bertz CT molecular complexity index is 841. The molecule has 106 valence electrons. The lowest BCUT2D eigenvalue weighted by molar-refractivity contribution is 0.479. The number of nitrogens with two attached hydrogens (primary N) is 1. The number of anilines is 1. The second kappa shape index (κ2) is 5.50. The molecule has 0 saturated heterocycles. The largest absolute Gasteiger partial charge is 0.455 e. The summed E-state index contributed by atoms with van der Waals surface area (Å²) in [7, 11) is 0. The summed E-state index contributed by atoms with van der Waals surface area (Å²) < 4.78 is 19.9. The van der Waals surface area contributed by atoms with Gasteiger partial charge in [0.2, 0.25) is 0 Å². The number of pyridine rings is 1. The Balaban J connectivity index is 2.11. The molecule has 0 aliphatic heterocycles. The molecule has 0 fully saturated rings. The van der Waals surface area contributed by atoms with E-state index < -0.39 is 5.82 Å². The monoisotopic (exact) mass is 366 g/mol. The number of nitrogen functional groups attached to an aromatic ring is 1. The summed E-state index contributed by atoms with van der Waals surface area (Å²) >= 11 is 9.02. The van der Waals surface area contributed by atoms with Crippen molar-refractivity contribution in [3.63, 3.8) is 0 Å². The average Bonchev–Trinajstić information content (AvgIpc) is 2.48. The van der Waals surface area contributed by atoms with Crippen molar-refractivity contribution >= 4 is 44.1 Å². The molecule has 0 aliphatic carbocycles. The average molecular weight is 368 g/mol. The maximum atomic E-state index is 13.6. The van der Waals surface area contributed by atoms with Crippen molar-refractivity contribution in [3.8, 4) is 11.5 Å². The Hall–Kier alpha value is -1.85. The zero-order valence-corrected chi connectivity index (χ0v) is 13.0. The maximum Gasteiger partial charge on any atom is 0.145 e. The van der Waals surface area contributed by atoms with E-state index in [-0.39, 0.29) is 5.02 Å². The first-order valence-electron chi connectivity index (χ1n) is 6.02. The van der Waals surface area contributed by atoms with E-state index >= 15 is 0 Å². The molecule has 3 rings (SSSR count). The first-order chi connectivity index (χ1) is 10.1. The molecule has 1 aromatic heterocycles. The first-order valence-corrected chi connectivity index (χ1v) is 7.19. The Kier molecular flexibility index (Phi) is 3.69. The van der Waals surface area contributed by atoms with Crippen molar-refractivity contribution < 1.29 is 9.13 Å². The molecule has 2 aromatic carbocycles. The maximum absolute atomic E-state index is 13.6. The molecular formula is C15H9BrClFN2O. The van der Waals surface area contributed by atoms with Crippen LogP contribution in [0.5, 0.6) is 11.5 Å². The smallest absolute Gasteiger partial charge is 0.145 e. The number of nitrogens with zero attached hydrogens (tertiary/aromatic N) is 1. The Morgan fingerprint density at radius 3 is 2.81 bits per heavy atom. The summed E-state index contributed by atoms with van der Waals surface area (Å²) in [6.45, 7) is 0. The lowest BCUT2D eigenvalue weighted by atomic mass is 10.1. The second-order valence-corrected chi connectivity index (χ2v) is 5.61. The summed E-state index contributed by atoms with van der Waals surface area (Å²) in [6, 6.07) is 9.72. The van der Waals surface area contributed by atoms with Crippen LogP contribution in [0.15, 0.2) is 47.1 Å². The number of fused-ring (bicyclic) bond motifs is 1. The molecule has 0 spiro atoms. The second-order valence-electron chi connectivity index (χ2n) is 4.35. The molecule has 6 heteroatoms. The highest BCUT2D eigenvalue weighted by Gasteiger charge is 2.12. The highest BCUT2D eigenvalue weighted by molar-refractivity contribution is 9.10. The fourth-order valence-corrected chi connectivity index (χ4v) is 2.68. The van der Waals surface area contributed by atoms with Crippen LogP contribution in [0, 0.1) is 5.82 Å². The van der Waals surface area contributed by atoms with Crippen molar-refractivity contribution in [2.75, 3.05) is 5.73 Å². The molecule has 3 nitrogen and oxygen atoms in total. The Morgan fingerprint density at radius 2 is 2.00 bits per heavy atom. The molecular weight excluding hydrogens is 359 g/mol. The van der Waals surface area contributed by atoms with E-state index in [9.17, 15) is 4.39 Å². The minimum atomic E-state index is -0.548. The van der Waals surface area contributed by atoms with Gasteiger partial charge in [0.1, 0.15) is 17.3 Å². The number of rotatable bonds is 2. The Labute approximate surface area is 133 Å². The van der Waals surface area contributed by atoms with Crippen molar-refractivity contribution in [1.29, 1.82) is 0 Å². The SMILES string of the molecule is Nc1ccc(Oc2cc(F)c(Cl)cc2Br)c2cccnc12. The third kappa shape index (κ3) is 2.66. The molecule has 0 saturated carbocycles. The third-order valence-corrected chi connectivity index (χ3v) is 3.86. The Morgan fingerprint density at radius 1 is 1.19 bits per heavy atom. The summed E-state index contributed by atoms with van der Waals surface area (Å²) in [5.74, 6) is 0.314. The number of benzene rings is 2. The molecule has 0 atom stereocenters. The molecule has 1 heterocycles. The number of hydrogen-bond donors (Lipinski definition) is 1. The fourth-order valence-electron chi connectivity index (χ4n) is 1.96. The van der Waals surface area contributed by atoms with Crippen LogP contribution >= 0.6 is 27.5 Å². The van der Waals surface area contributed by atoms with Crippen LogP contribution < -0.4 is 10.5 Å². The summed E-state index contributed by atoms with van der Waals surface area (Å²) in [5, 5.41) is 0.776. The van der Waals surface area contributed by atoms with Crippen LogP contribution in [0.2, 0.25) is 5.02 Å². The number of halogens is 3. The van der Waals surface area contributed by atoms with Gasteiger partial charge in [0.15, 0.2) is 0 Å². The van der Waals surface area contributed by atoms with Crippen molar-refractivity contribution in [2.24, 2.45) is 0 Å². The molecule has 0 unspecified atom stereocenters. The quantitative estimate of drug-likeness (QED) is 0.502. The number of hydrogen-bond acceptors (Lipinski definition) is 3. The van der Waals surface area contributed by atoms with Crippen molar-refractivity contribution in [3.05, 3.63) is 57.9 Å². The summed E-state index contributed by atoms with van der Waals surface area (Å²) in [4.78, 5) is 4.23. The van der Waals surface area contributed by atoms with Gasteiger partial charge in [-0.3, -0.25) is 4.98 Å². The zero-order valence-electron chi connectivity index (χ0n) is 10.6. The van der Waals surface area contributed by atoms with Gasteiger partial charge in [-0.2, -0.15) is 0 Å². The van der Waals surface area contributed by atoms with E-state index in [1.807, 2.05) is 6.07 Å². The van der Waals surface area contributed by atoms with Gasteiger partial charge in [-0.25, -0.2) is 4.39 Å². The summed E-state index contributed by atoms with van der Waals surface area (Å²) in [6.07, 6.45) is 1.65. The number of ether oxygens (including phenoxy) is 1. The van der Waals surface area contributed by atoms with Crippen LogP contribution in [0.1, 0.15) is 0 Å². The van der Waals surface area contributed by atoms with Gasteiger partial charge in [-0.05, 0) is 46.3 Å². The van der Waals surface area contributed by atoms with Gasteiger partial charge in [-0.1, -0.05) is 11.6 Å². The fraction of sp³-hybridized carbons (Fsp3) is 0. The topological polar surface area (TPSA) is 48.1 Å². The minimum Gasteiger partial charge on any atom is -0.455 e. The first kappa shape index (κ1) is 14.1. The van der Waals surface area contributed by atoms with E-state index in [4.69, 9.17) is 22.1 Å². The summed E-state index contributed by atoms with van der Waals surface area (Å²) in [5.41, 5.74) is 7.08. The molecule has 0 radical (unpaired) electrons. The van der Waals surface area contributed by atoms with Crippen LogP contribution in [0.4, 0.5) is 10.1 Å². The minimum absolute atomic E-state index is 0.0260. The zero-order chi connectivity index (χ0) is 15.0. The van der Waals surface area contributed by atoms with Gasteiger partial charge in [0, 0.05) is 17.6 Å². The lowest BCUT2D eigenvalue weighted by Crippen LogP contribution is -1.93. The molecule has 0 amide bonds. The predicted octanol–water partition coefficient (Wildman–Crippen LogP) is 5.16. The third-order valence-electron chi connectivity index (χ3n) is 2.96. The molecule has 0 bridgehead atoms. The van der Waals surface area contributed by atoms with Crippen LogP contribution in [-0.2, 0) is 0 Å². The number of aromatic nitrogens is 1. The van der Waals surface area contributed by atoms with Crippen LogP contribution in [0.3, 0.4) is 0 Å². The van der Waals surface area contributed by atoms with Gasteiger partial charge < -0.3 is 10.5 Å². The van der Waals surface area contributed by atoms with E-state index in [0.717, 1.165) is 5.39 Å². The van der Waals surface area contributed by atoms with E-state index in [1.54, 1.807) is 24.4 Å². The standard InChI is InChI=1S/C15H9BrClFN2O/c16-9-6-10(17)11(18)7-14(9)21-13-4-3-12(19)15-8(13)2-1-5-20-15/h1-7H,19H2. The molecule has 0 aliphatic rings. The van der Waals surface area contributed by atoms with E-state index in [1.165, 1.54) is 12.1 Å². The lowest BCUT2D eigenvalue weighted by Gasteiger charge is -2.11. The van der Waals surface area contributed by atoms with Crippen LogP contribution in [0.25, 0.3) is 10.9 Å².